The highest BCUT2D eigenvalue weighted by Crippen LogP contribution is 2.26. The quantitative estimate of drug-likeness (QED) is 0.874. The van der Waals surface area contributed by atoms with Gasteiger partial charge in [0.2, 0.25) is 0 Å². The molecule has 2 rings (SSSR count). The molecular formula is C12H8Cl2N2O2S. The number of benzene rings is 1. The van der Waals surface area contributed by atoms with Crippen molar-refractivity contribution in [2.45, 2.75) is 6.92 Å². The second kappa shape index (κ2) is 5.69. The maximum absolute atomic E-state index is 12.0. The molecule has 0 radical (unpaired) electrons. The first kappa shape index (κ1) is 14.0. The van der Waals surface area contributed by atoms with Gasteiger partial charge in [-0.1, -0.05) is 29.3 Å². The number of rotatable bonds is 3. The average Bonchev–Trinajstić information content (AvgIpc) is 2.77. The molecule has 1 aromatic heterocycles. The van der Waals surface area contributed by atoms with Crippen molar-refractivity contribution in [3.63, 3.8) is 0 Å². The molecule has 19 heavy (non-hydrogen) atoms. The zero-order valence-corrected chi connectivity index (χ0v) is 12.1. The third kappa shape index (κ3) is 3.12. The first-order chi connectivity index (χ1) is 8.99. The van der Waals surface area contributed by atoms with Gasteiger partial charge in [-0.15, -0.1) is 11.3 Å². The van der Waals surface area contributed by atoms with Gasteiger partial charge in [-0.05, 0) is 12.1 Å². The number of nitrogens with one attached hydrogen (secondary N) is 1. The van der Waals surface area contributed by atoms with E-state index in [1.165, 1.54) is 6.92 Å². The Kier molecular flexibility index (Phi) is 4.19. The minimum absolute atomic E-state index is 0.160. The number of carbonyl (C=O) groups excluding carboxylic acids is 2. The highest BCUT2D eigenvalue weighted by atomic mass is 35.5. The third-order valence-electron chi connectivity index (χ3n) is 2.28. The first-order valence-corrected chi connectivity index (χ1v) is 6.84. The van der Waals surface area contributed by atoms with Crippen LogP contribution in [0.25, 0.3) is 0 Å². The maximum Gasteiger partial charge on any atom is 0.260 e. The van der Waals surface area contributed by atoms with E-state index in [0.29, 0.717) is 10.8 Å². The van der Waals surface area contributed by atoms with E-state index in [1.54, 1.807) is 23.6 Å². The van der Waals surface area contributed by atoms with Crippen LogP contribution in [0.2, 0.25) is 10.0 Å². The fourth-order valence-electron chi connectivity index (χ4n) is 1.37. The van der Waals surface area contributed by atoms with Crippen LogP contribution < -0.4 is 5.32 Å². The predicted molar refractivity (Wildman–Crippen MR) is 76.5 cm³/mol. The second-order valence-electron chi connectivity index (χ2n) is 3.64. The Morgan fingerprint density at radius 1 is 1.26 bits per heavy atom. The van der Waals surface area contributed by atoms with Crippen molar-refractivity contribution in [1.29, 1.82) is 0 Å². The van der Waals surface area contributed by atoms with E-state index < -0.39 is 5.91 Å². The fraction of sp³-hybridized carbons (Fsp3) is 0.0833. The molecular weight excluding hydrogens is 307 g/mol. The van der Waals surface area contributed by atoms with Crippen LogP contribution >= 0.6 is 34.5 Å². The summed E-state index contributed by atoms with van der Waals surface area (Å²) in [5.74, 6) is -0.618. The van der Waals surface area contributed by atoms with E-state index in [0.717, 1.165) is 11.3 Å². The van der Waals surface area contributed by atoms with Gasteiger partial charge in [0.05, 0.1) is 15.6 Å². The minimum atomic E-state index is -0.458. The molecule has 0 aliphatic carbocycles. The lowest BCUT2D eigenvalue weighted by atomic mass is 10.2. The third-order valence-corrected chi connectivity index (χ3v) is 3.66. The van der Waals surface area contributed by atoms with Crippen LogP contribution in [0, 0.1) is 0 Å². The van der Waals surface area contributed by atoms with E-state index in [1.807, 2.05) is 0 Å². The van der Waals surface area contributed by atoms with Crippen molar-refractivity contribution >= 4 is 51.4 Å². The van der Waals surface area contributed by atoms with Crippen molar-refractivity contribution in [2.75, 3.05) is 5.32 Å². The van der Waals surface area contributed by atoms with Crippen LogP contribution in [0.15, 0.2) is 23.6 Å². The number of nitrogens with zero attached hydrogens (tertiary/aromatic N) is 1. The second-order valence-corrected chi connectivity index (χ2v) is 5.32. The van der Waals surface area contributed by atoms with Crippen LogP contribution in [-0.4, -0.2) is 16.7 Å². The van der Waals surface area contributed by atoms with E-state index in [4.69, 9.17) is 23.2 Å². The molecule has 0 saturated carbocycles. The zero-order chi connectivity index (χ0) is 14.0. The van der Waals surface area contributed by atoms with Gasteiger partial charge in [0.1, 0.15) is 5.69 Å². The first-order valence-electron chi connectivity index (χ1n) is 5.21. The molecule has 0 spiro atoms. The lowest BCUT2D eigenvalue weighted by molar-refractivity contribution is 0.100. The summed E-state index contributed by atoms with van der Waals surface area (Å²) in [6.45, 7) is 1.41. The summed E-state index contributed by atoms with van der Waals surface area (Å²) in [5.41, 5.74) is 0.496. The lowest BCUT2D eigenvalue weighted by Crippen LogP contribution is -2.13. The largest absolute Gasteiger partial charge is 0.298 e. The highest BCUT2D eigenvalue weighted by molar-refractivity contribution is 7.14. The van der Waals surface area contributed by atoms with Gasteiger partial charge in [0.25, 0.3) is 5.91 Å². The maximum atomic E-state index is 12.0. The van der Waals surface area contributed by atoms with Crippen molar-refractivity contribution in [3.05, 3.63) is 44.9 Å². The number of halogens is 2. The van der Waals surface area contributed by atoms with E-state index in [2.05, 4.69) is 10.3 Å². The van der Waals surface area contributed by atoms with Gasteiger partial charge >= 0.3 is 0 Å². The van der Waals surface area contributed by atoms with Gasteiger partial charge in [-0.25, -0.2) is 4.98 Å². The Hall–Kier alpha value is -1.43. The number of ketones is 1. The summed E-state index contributed by atoms with van der Waals surface area (Å²) in [6, 6.07) is 4.80. The van der Waals surface area contributed by atoms with Crippen molar-refractivity contribution in [1.82, 2.24) is 4.98 Å². The van der Waals surface area contributed by atoms with E-state index in [-0.39, 0.29) is 21.4 Å². The monoisotopic (exact) mass is 314 g/mol. The van der Waals surface area contributed by atoms with Crippen LogP contribution in [0.5, 0.6) is 0 Å². The number of carbonyl (C=O) groups is 2. The topological polar surface area (TPSA) is 59.1 Å². The Labute approximate surface area is 123 Å². The Morgan fingerprint density at radius 3 is 2.42 bits per heavy atom. The van der Waals surface area contributed by atoms with Gasteiger partial charge in [-0.2, -0.15) is 0 Å². The Morgan fingerprint density at radius 2 is 1.89 bits per heavy atom. The van der Waals surface area contributed by atoms with Crippen LogP contribution in [-0.2, 0) is 0 Å². The Bertz CT molecular complexity index is 635. The average molecular weight is 315 g/mol. The van der Waals surface area contributed by atoms with Crippen LogP contribution in [0.1, 0.15) is 27.8 Å². The smallest absolute Gasteiger partial charge is 0.260 e. The lowest BCUT2D eigenvalue weighted by Gasteiger charge is -2.05. The number of thiazole rings is 1. The number of Topliss-reactive ketones (excluding diaryl/α,β-unsaturated/α-hetero) is 1. The molecule has 0 aliphatic heterocycles. The molecule has 1 heterocycles. The molecule has 1 amide bonds. The molecule has 0 unspecified atom stereocenters. The molecule has 0 aliphatic rings. The van der Waals surface area contributed by atoms with Crippen molar-refractivity contribution in [3.8, 4) is 0 Å². The van der Waals surface area contributed by atoms with Gasteiger partial charge < -0.3 is 0 Å². The fourth-order valence-corrected chi connectivity index (χ4v) is 2.68. The summed E-state index contributed by atoms with van der Waals surface area (Å²) in [5, 5.41) is 4.98. The van der Waals surface area contributed by atoms with Crippen LogP contribution in [0.3, 0.4) is 0 Å². The van der Waals surface area contributed by atoms with Gasteiger partial charge in [-0.3, -0.25) is 14.9 Å². The van der Waals surface area contributed by atoms with E-state index >= 15 is 0 Å². The number of anilines is 1. The van der Waals surface area contributed by atoms with Crippen molar-refractivity contribution in [2.24, 2.45) is 0 Å². The number of hydrogen-bond acceptors (Lipinski definition) is 4. The molecule has 0 atom stereocenters. The Balaban J connectivity index is 2.23. The molecule has 2 aromatic rings. The molecule has 0 saturated heterocycles. The van der Waals surface area contributed by atoms with Gasteiger partial charge in [0, 0.05) is 12.3 Å². The molecule has 98 valence electrons. The van der Waals surface area contributed by atoms with Crippen LogP contribution in [0.4, 0.5) is 5.13 Å². The van der Waals surface area contributed by atoms with E-state index in [9.17, 15) is 9.59 Å². The molecule has 4 nitrogen and oxygen atoms in total. The summed E-state index contributed by atoms with van der Waals surface area (Å²) < 4.78 is 0. The molecule has 7 heteroatoms. The van der Waals surface area contributed by atoms with Crippen molar-refractivity contribution < 1.29 is 9.59 Å². The molecule has 0 bridgehead atoms. The summed E-state index contributed by atoms with van der Waals surface area (Å²) >= 11 is 13.0. The highest BCUT2D eigenvalue weighted by Gasteiger charge is 2.16. The standard InChI is InChI=1S/C12H8Cl2N2O2S/c1-6(17)9-5-19-12(15-9)16-11(18)10-7(13)3-2-4-8(10)14/h2-5H,1H3,(H,15,16,18). The molecule has 0 fully saturated rings. The molecule has 1 aromatic carbocycles. The summed E-state index contributed by atoms with van der Waals surface area (Å²) in [7, 11) is 0. The number of hydrogen-bond donors (Lipinski definition) is 1. The number of aromatic nitrogens is 1. The zero-order valence-electron chi connectivity index (χ0n) is 9.74. The normalized spacial score (nSPS) is 10.3. The van der Waals surface area contributed by atoms with Gasteiger partial charge in [0.15, 0.2) is 10.9 Å². The SMILES string of the molecule is CC(=O)c1csc(NC(=O)c2c(Cl)cccc2Cl)n1. The predicted octanol–water partition coefficient (Wildman–Crippen LogP) is 3.90. The number of amides is 1. The molecule has 1 N–H and O–H groups in total. The summed E-state index contributed by atoms with van der Waals surface area (Å²) in [6.07, 6.45) is 0. The minimum Gasteiger partial charge on any atom is -0.298 e. The summed E-state index contributed by atoms with van der Waals surface area (Å²) in [4.78, 5) is 27.1.